The molecular weight excluding hydrogens is 257 g/mol. The number of rotatable bonds is 4. The molecule has 2 N–H and O–H groups in total. The minimum absolute atomic E-state index is 0.0448. The summed E-state index contributed by atoms with van der Waals surface area (Å²) in [4.78, 5) is 0. The van der Waals surface area contributed by atoms with Gasteiger partial charge in [-0.2, -0.15) is 0 Å². The van der Waals surface area contributed by atoms with Gasteiger partial charge in [0.2, 0.25) is 0 Å². The van der Waals surface area contributed by atoms with Crippen LogP contribution >= 0.6 is 0 Å². The summed E-state index contributed by atoms with van der Waals surface area (Å²) in [5, 5.41) is 0. The van der Waals surface area contributed by atoms with Crippen LogP contribution in [0.1, 0.15) is 18.4 Å². The van der Waals surface area contributed by atoms with Gasteiger partial charge in [0.15, 0.2) is 9.84 Å². The monoisotopic (exact) mass is 273 g/mol. The first-order valence-electron chi connectivity index (χ1n) is 5.82. The van der Waals surface area contributed by atoms with Gasteiger partial charge in [-0.3, -0.25) is 0 Å². The molecule has 0 aliphatic carbocycles. The van der Waals surface area contributed by atoms with E-state index in [4.69, 9.17) is 10.5 Å². The lowest BCUT2D eigenvalue weighted by Gasteiger charge is -2.10. The van der Waals surface area contributed by atoms with Crippen LogP contribution in [0, 0.1) is 5.82 Å². The molecule has 0 amide bonds. The van der Waals surface area contributed by atoms with Gasteiger partial charge in [0, 0.05) is 17.9 Å². The minimum atomic E-state index is -3.36. The second-order valence-electron chi connectivity index (χ2n) is 4.54. The number of nitrogen functional groups attached to an aromatic ring is 1. The van der Waals surface area contributed by atoms with E-state index in [0.29, 0.717) is 6.61 Å². The van der Waals surface area contributed by atoms with Crippen LogP contribution in [0.4, 0.5) is 10.1 Å². The van der Waals surface area contributed by atoms with Crippen LogP contribution in [0.25, 0.3) is 0 Å². The Hall–Kier alpha value is -1.14. The summed E-state index contributed by atoms with van der Waals surface area (Å²) in [5.74, 6) is -0.929. The number of anilines is 1. The zero-order valence-electron chi connectivity index (χ0n) is 9.93. The molecule has 1 aliphatic heterocycles. The van der Waals surface area contributed by atoms with E-state index in [0.717, 1.165) is 18.9 Å². The lowest BCUT2D eigenvalue weighted by molar-refractivity contribution is 0.127. The van der Waals surface area contributed by atoms with E-state index in [1.54, 1.807) is 0 Å². The molecule has 0 aromatic heterocycles. The summed E-state index contributed by atoms with van der Waals surface area (Å²) in [6.45, 7) is 0.608. The lowest BCUT2D eigenvalue weighted by Crippen LogP contribution is -2.21. The van der Waals surface area contributed by atoms with Crippen LogP contribution in [0.2, 0.25) is 0 Å². The molecule has 1 saturated heterocycles. The molecule has 0 saturated carbocycles. The third-order valence-electron chi connectivity index (χ3n) is 2.92. The summed E-state index contributed by atoms with van der Waals surface area (Å²) in [6.07, 6.45) is 1.40. The first kappa shape index (κ1) is 13.3. The standard InChI is InChI=1S/C12H16FNO3S/c13-12-6-10(14)4-3-9(12)7-18(15,16)8-11-2-1-5-17-11/h3-4,6,11H,1-2,5,7-8,14H2. The van der Waals surface area contributed by atoms with Crippen LogP contribution in [-0.2, 0) is 20.3 Å². The Kier molecular flexibility index (Phi) is 3.87. The first-order valence-corrected chi connectivity index (χ1v) is 7.64. The Morgan fingerprint density at radius 3 is 2.83 bits per heavy atom. The second kappa shape index (κ2) is 5.24. The molecule has 1 aromatic carbocycles. The molecule has 2 rings (SSSR count). The molecule has 4 nitrogen and oxygen atoms in total. The van der Waals surface area contributed by atoms with Crippen LogP contribution in [0.3, 0.4) is 0 Å². The second-order valence-corrected chi connectivity index (χ2v) is 6.65. The van der Waals surface area contributed by atoms with Gasteiger partial charge in [0.25, 0.3) is 0 Å². The molecule has 0 radical (unpaired) electrons. The largest absolute Gasteiger partial charge is 0.399 e. The minimum Gasteiger partial charge on any atom is -0.399 e. The third-order valence-corrected chi connectivity index (χ3v) is 4.55. The quantitative estimate of drug-likeness (QED) is 0.844. The van der Waals surface area contributed by atoms with E-state index in [2.05, 4.69) is 0 Å². The van der Waals surface area contributed by atoms with Crippen molar-refractivity contribution in [3.63, 3.8) is 0 Å². The van der Waals surface area contributed by atoms with Crippen molar-refractivity contribution in [2.24, 2.45) is 0 Å². The highest BCUT2D eigenvalue weighted by atomic mass is 32.2. The zero-order chi connectivity index (χ0) is 13.2. The molecule has 6 heteroatoms. The van der Waals surface area contributed by atoms with Crippen molar-refractivity contribution in [3.05, 3.63) is 29.6 Å². The van der Waals surface area contributed by atoms with Crippen molar-refractivity contribution in [1.82, 2.24) is 0 Å². The van der Waals surface area contributed by atoms with Gasteiger partial charge >= 0.3 is 0 Å². The van der Waals surface area contributed by atoms with Crippen molar-refractivity contribution in [1.29, 1.82) is 0 Å². The predicted molar refractivity (Wildman–Crippen MR) is 67.3 cm³/mol. The zero-order valence-corrected chi connectivity index (χ0v) is 10.7. The van der Waals surface area contributed by atoms with Gasteiger partial charge in [-0.15, -0.1) is 0 Å². The molecule has 1 heterocycles. The highest BCUT2D eigenvalue weighted by molar-refractivity contribution is 7.90. The highest BCUT2D eigenvalue weighted by Gasteiger charge is 2.24. The van der Waals surface area contributed by atoms with Gasteiger partial charge < -0.3 is 10.5 Å². The average molecular weight is 273 g/mol. The number of nitrogens with two attached hydrogens (primary N) is 1. The lowest BCUT2D eigenvalue weighted by atomic mass is 10.2. The van der Waals surface area contributed by atoms with Crippen LogP contribution in [-0.4, -0.2) is 26.9 Å². The summed E-state index contributed by atoms with van der Waals surface area (Å²) in [6, 6.07) is 4.05. The Morgan fingerprint density at radius 2 is 2.22 bits per heavy atom. The molecule has 100 valence electrons. The Morgan fingerprint density at radius 1 is 1.44 bits per heavy atom. The smallest absolute Gasteiger partial charge is 0.157 e. The molecule has 0 bridgehead atoms. The van der Waals surface area contributed by atoms with Crippen molar-refractivity contribution >= 4 is 15.5 Å². The molecular formula is C12H16FNO3S. The summed E-state index contributed by atoms with van der Waals surface area (Å²) in [5.41, 5.74) is 5.85. The number of hydrogen-bond acceptors (Lipinski definition) is 4. The molecule has 1 aliphatic rings. The normalized spacial score (nSPS) is 20.2. The highest BCUT2D eigenvalue weighted by Crippen LogP contribution is 2.19. The number of benzene rings is 1. The van der Waals surface area contributed by atoms with Crippen LogP contribution < -0.4 is 5.73 Å². The number of ether oxygens (including phenoxy) is 1. The number of halogens is 1. The summed E-state index contributed by atoms with van der Waals surface area (Å²) in [7, 11) is -3.36. The fraction of sp³-hybridized carbons (Fsp3) is 0.500. The Labute approximate surface area is 106 Å². The van der Waals surface area contributed by atoms with Gasteiger partial charge in [0.05, 0.1) is 17.6 Å². The molecule has 1 atom stereocenters. The molecule has 0 spiro atoms. The van der Waals surface area contributed by atoms with E-state index < -0.39 is 15.7 Å². The SMILES string of the molecule is Nc1ccc(CS(=O)(=O)CC2CCCO2)c(F)c1. The molecule has 18 heavy (non-hydrogen) atoms. The third kappa shape index (κ3) is 3.43. The van der Waals surface area contributed by atoms with Gasteiger partial charge in [-0.1, -0.05) is 6.07 Å². The summed E-state index contributed by atoms with van der Waals surface area (Å²) < 4.78 is 42.6. The maximum Gasteiger partial charge on any atom is 0.157 e. The van der Waals surface area contributed by atoms with Crippen LogP contribution in [0.5, 0.6) is 0 Å². The maximum atomic E-state index is 13.5. The Bertz CT molecular complexity index is 524. The number of hydrogen-bond donors (Lipinski definition) is 1. The van der Waals surface area contributed by atoms with Crippen LogP contribution in [0.15, 0.2) is 18.2 Å². The fourth-order valence-corrected chi connectivity index (χ4v) is 3.69. The van der Waals surface area contributed by atoms with Gasteiger partial charge in [-0.25, -0.2) is 12.8 Å². The average Bonchev–Trinajstić information content (AvgIpc) is 2.74. The van der Waals surface area contributed by atoms with E-state index in [1.807, 2.05) is 0 Å². The molecule has 1 fully saturated rings. The van der Waals surface area contributed by atoms with Gasteiger partial charge in [-0.05, 0) is 25.0 Å². The topological polar surface area (TPSA) is 69.4 Å². The maximum absolute atomic E-state index is 13.5. The van der Waals surface area contributed by atoms with E-state index in [-0.39, 0.29) is 28.9 Å². The van der Waals surface area contributed by atoms with Crippen molar-refractivity contribution in [2.45, 2.75) is 24.7 Å². The van der Waals surface area contributed by atoms with Crippen molar-refractivity contribution in [3.8, 4) is 0 Å². The fourth-order valence-electron chi connectivity index (χ4n) is 2.04. The van der Waals surface area contributed by atoms with Crippen molar-refractivity contribution < 1.29 is 17.5 Å². The summed E-state index contributed by atoms with van der Waals surface area (Å²) >= 11 is 0. The van der Waals surface area contributed by atoms with E-state index in [1.165, 1.54) is 12.1 Å². The molecule has 1 aromatic rings. The van der Waals surface area contributed by atoms with Crippen molar-refractivity contribution in [2.75, 3.05) is 18.1 Å². The van der Waals surface area contributed by atoms with E-state index in [9.17, 15) is 12.8 Å². The van der Waals surface area contributed by atoms with Gasteiger partial charge in [0.1, 0.15) is 5.82 Å². The Balaban J connectivity index is 2.07. The number of sulfone groups is 1. The molecule has 1 unspecified atom stereocenters. The predicted octanol–water partition coefficient (Wildman–Crippen LogP) is 1.50. The first-order chi connectivity index (χ1) is 8.46. The van der Waals surface area contributed by atoms with E-state index >= 15 is 0 Å².